The molecule has 2 amide bonds. The molecule has 0 radical (unpaired) electrons. The summed E-state index contributed by atoms with van der Waals surface area (Å²) in [5, 5.41) is 0. The summed E-state index contributed by atoms with van der Waals surface area (Å²) in [6, 6.07) is 35.6. The fourth-order valence-electron chi connectivity index (χ4n) is 6.51. The smallest absolute Gasteiger partial charge is 0.253 e. The fourth-order valence-corrected chi connectivity index (χ4v) is 6.51. The standard InChI is InChI=1S/C39H42N4O3/c1-29(31-13-17-35(18-14-31)40-21-25-42(26-22-40)38(45)33-9-5-3-6-10-33)37(44)30(2)32-15-19-36(20-16-32)41-23-27-43(28-24-41)39(46)34-11-7-4-8-12-34/h3-20,29-30H,21-28H2,1-2H3. The number of hydrogen-bond acceptors (Lipinski definition) is 5. The summed E-state index contributed by atoms with van der Waals surface area (Å²) >= 11 is 0. The molecule has 0 spiro atoms. The molecule has 7 heteroatoms. The molecule has 236 valence electrons. The van der Waals surface area contributed by atoms with Crippen LogP contribution >= 0.6 is 0 Å². The lowest BCUT2D eigenvalue weighted by molar-refractivity contribution is -0.121. The number of benzene rings is 4. The van der Waals surface area contributed by atoms with Gasteiger partial charge in [0.2, 0.25) is 0 Å². The predicted octanol–water partition coefficient (Wildman–Crippen LogP) is 6.09. The Morgan fingerprint density at radius 1 is 0.457 bits per heavy atom. The van der Waals surface area contributed by atoms with Crippen LogP contribution < -0.4 is 9.80 Å². The number of hydrogen-bond donors (Lipinski definition) is 0. The molecule has 2 aliphatic rings. The normalized spacial score (nSPS) is 16.6. The van der Waals surface area contributed by atoms with E-state index in [4.69, 9.17) is 0 Å². The second kappa shape index (κ2) is 14.0. The van der Waals surface area contributed by atoms with Crippen molar-refractivity contribution < 1.29 is 14.4 Å². The third kappa shape index (κ3) is 6.84. The van der Waals surface area contributed by atoms with Gasteiger partial charge in [0.15, 0.2) is 0 Å². The third-order valence-corrected chi connectivity index (χ3v) is 9.55. The zero-order chi connectivity index (χ0) is 32.0. The number of rotatable bonds is 8. The van der Waals surface area contributed by atoms with Gasteiger partial charge in [-0.05, 0) is 59.7 Å². The van der Waals surface area contributed by atoms with Crippen molar-refractivity contribution in [2.24, 2.45) is 0 Å². The third-order valence-electron chi connectivity index (χ3n) is 9.55. The summed E-state index contributed by atoms with van der Waals surface area (Å²) < 4.78 is 0. The van der Waals surface area contributed by atoms with Crippen LogP contribution in [0, 0.1) is 0 Å². The molecule has 0 aromatic heterocycles. The molecule has 0 N–H and O–H groups in total. The van der Waals surface area contributed by atoms with Crippen LogP contribution in [0.2, 0.25) is 0 Å². The van der Waals surface area contributed by atoms with Crippen molar-refractivity contribution in [1.82, 2.24) is 9.80 Å². The number of amides is 2. The van der Waals surface area contributed by atoms with Crippen molar-refractivity contribution >= 4 is 29.0 Å². The average Bonchev–Trinajstić information content (AvgIpc) is 3.14. The lowest BCUT2D eigenvalue weighted by atomic mass is 9.85. The van der Waals surface area contributed by atoms with Crippen LogP contribution in [0.3, 0.4) is 0 Å². The molecule has 2 fully saturated rings. The summed E-state index contributed by atoms with van der Waals surface area (Å²) in [5.41, 5.74) is 5.72. The molecule has 2 aliphatic heterocycles. The fraction of sp³-hybridized carbons (Fsp3) is 0.308. The highest BCUT2D eigenvalue weighted by atomic mass is 16.2. The van der Waals surface area contributed by atoms with E-state index in [-0.39, 0.29) is 29.4 Å². The molecule has 0 bridgehead atoms. The van der Waals surface area contributed by atoms with Crippen molar-refractivity contribution in [2.45, 2.75) is 25.7 Å². The van der Waals surface area contributed by atoms with Crippen molar-refractivity contribution in [3.63, 3.8) is 0 Å². The first-order valence-corrected chi connectivity index (χ1v) is 16.3. The Morgan fingerprint density at radius 2 is 0.783 bits per heavy atom. The van der Waals surface area contributed by atoms with Gasteiger partial charge in [0.1, 0.15) is 5.78 Å². The number of nitrogens with zero attached hydrogens (tertiary/aromatic N) is 4. The second-order valence-electron chi connectivity index (χ2n) is 12.3. The minimum Gasteiger partial charge on any atom is -0.368 e. The monoisotopic (exact) mass is 614 g/mol. The lowest BCUT2D eigenvalue weighted by Crippen LogP contribution is -2.48. The highest BCUT2D eigenvalue weighted by Gasteiger charge is 2.26. The van der Waals surface area contributed by atoms with Gasteiger partial charge in [0, 0.05) is 86.7 Å². The first kappa shape index (κ1) is 31.1. The van der Waals surface area contributed by atoms with Crippen LogP contribution in [0.1, 0.15) is 57.5 Å². The average molecular weight is 615 g/mol. The molecule has 2 atom stereocenters. The molecule has 2 saturated heterocycles. The van der Waals surface area contributed by atoms with Crippen molar-refractivity contribution in [3.8, 4) is 0 Å². The molecular weight excluding hydrogens is 572 g/mol. The highest BCUT2D eigenvalue weighted by molar-refractivity contribution is 5.95. The maximum Gasteiger partial charge on any atom is 0.253 e. The maximum absolute atomic E-state index is 13.6. The Kier molecular flexibility index (Phi) is 9.48. The minimum absolute atomic E-state index is 0.0850. The van der Waals surface area contributed by atoms with Gasteiger partial charge in [-0.25, -0.2) is 0 Å². The van der Waals surface area contributed by atoms with E-state index >= 15 is 0 Å². The molecule has 7 nitrogen and oxygen atoms in total. The molecule has 4 aromatic carbocycles. The Bertz CT molecular complexity index is 1500. The Balaban J connectivity index is 0.999. The van der Waals surface area contributed by atoms with E-state index in [2.05, 4.69) is 58.3 Å². The van der Waals surface area contributed by atoms with Gasteiger partial charge >= 0.3 is 0 Å². The summed E-state index contributed by atoms with van der Waals surface area (Å²) in [7, 11) is 0. The first-order valence-electron chi connectivity index (χ1n) is 16.3. The van der Waals surface area contributed by atoms with Crippen molar-refractivity contribution in [3.05, 3.63) is 131 Å². The molecule has 2 unspecified atom stereocenters. The van der Waals surface area contributed by atoms with Gasteiger partial charge in [-0.1, -0.05) is 74.5 Å². The largest absolute Gasteiger partial charge is 0.368 e. The van der Waals surface area contributed by atoms with Crippen LogP contribution in [0.4, 0.5) is 11.4 Å². The van der Waals surface area contributed by atoms with E-state index < -0.39 is 0 Å². The molecule has 4 aromatic rings. The SMILES string of the molecule is CC(C(=O)C(C)c1ccc(N2CCN(C(=O)c3ccccc3)CC2)cc1)c1ccc(N2CCN(C(=O)c3ccccc3)CC2)cc1. The van der Waals surface area contributed by atoms with E-state index in [0.29, 0.717) is 26.2 Å². The van der Waals surface area contributed by atoms with Crippen molar-refractivity contribution in [1.29, 1.82) is 0 Å². The predicted molar refractivity (Wildman–Crippen MR) is 184 cm³/mol. The van der Waals surface area contributed by atoms with E-state index in [1.165, 1.54) is 0 Å². The van der Waals surface area contributed by atoms with Crippen molar-refractivity contribution in [2.75, 3.05) is 62.2 Å². The molecule has 2 heterocycles. The Morgan fingerprint density at radius 3 is 1.11 bits per heavy atom. The maximum atomic E-state index is 13.6. The van der Waals surface area contributed by atoms with Gasteiger partial charge in [-0.3, -0.25) is 14.4 Å². The van der Waals surface area contributed by atoms with Crippen LogP contribution in [0.15, 0.2) is 109 Å². The molecular formula is C39H42N4O3. The topological polar surface area (TPSA) is 64.2 Å². The van der Waals surface area contributed by atoms with Crippen LogP contribution in [-0.4, -0.2) is 79.8 Å². The van der Waals surface area contributed by atoms with Gasteiger partial charge in [-0.2, -0.15) is 0 Å². The first-order chi connectivity index (χ1) is 22.4. The van der Waals surface area contributed by atoms with Gasteiger partial charge in [-0.15, -0.1) is 0 Å². The number of anilines is 2. The van der Waals surface area contributed by atoms with Crippen LogP contribution in [0.5, 0.6) is 0 Å². The zero-order valence-corrected chi connectivity index (χ0v) is 26.7. The van der Waals surface area contributed by atoms with Gasteiger partial charge < -0.3 is 19.6 Å². The van der Waals surface area contributed by atoms with Crippen LogP contribution in [0.25, 0.3) is 0 Å². The summed E-state index contributed by atoms with van der Waals surface area (Å²) in [6.45, 7) is 9.84. The van der Waals surface area contributed by atoms with E-state index in [1.807, 2.05) is 84.3 Å². The van der Waals surface area contributed by atoms with E-state index in [1.54, 1.807) is 0 Å². The number of carbonyl (C=O) groups excluding carboxylic acids is 3. The van der Waals surface area contributed by atoms with Crippen LogP contribution in [-0.2, 0) is 4.79 Å². The summed E-state index contributed by atoms with van der Waals surface area (Å²) in [6.07, 6.45) is 0. The minimum atomic E-state index is -0.223. The number of piperazine rings is 2. The quantitative estimate of drug-likeness (QED) is 0.241. The Hall–Kier alpha value is -4.91. The summed E-state index contributed by atoms with van der Waals surface area (Å²) in [4.78, 5) is 47.6. The lowest BCUT2D eigenvalue weighted by Gasteiger charge is -2.36. The number of Topliss-reactive ketones (excluding diaryl/α,β-unsaturated/α-hetero) is 1. The van der Waals surface area contributed by atoms with Gasteiger partial charge in [0.05, 0.1) is 0 Å². The molecule has 0 saturated carbocycles. The molecule has 46 heavy (non-hydrogen) atoms. The number of ketones is 1. The number of carbonyl (C=O) groups is 3. The Labute approximate surface area is 272 Å². The second-order valence-corrected chi connectivity index (χ2v) is 12.3. The highest BCUT2D eigenvalue weighted by Crippen LogP contribution is 2.29. The molecule has 0 aliphatic carbocycles. The van der Waals surface area contributed by atoms with E-state index in [0.717, 1.165) is 59.8 Å². The van der Waals surface area contributed by atoms with Gasteiger partial charge in [0.25, 0.3) is 11.8 Å². The van der Waals surface area contributed by atoms with E-state index in [9.17, 15) is 14.4 Å². The zero-order valence-electron chi connectivity index (χ0n) is 26.7. The summed E-state index contributed by atoms with van der Waals surface area (Å²) in [5.74, 6) is -0.0799. The molecule has 6 rings (SSSR count).